The Morgan fingerprint density at radius 2 is 1.63 bits per heavy atom. The van der Waals surface area contributed by atoms with Crippen molar-refractivity contribution in [3.63, 3.8) is 0 Å². The number of anilines is 1. The van der Waals surface area contributed by atoms with E-state index in [4.69, 9.17) is 14.9 Å². The molecule has 38 heavy (non-hydrogen) atoms. The molecular weight excluding hydrogens is 498 g/mol. The number of nitro groups is 1. The topological polar surface area (TPSA) is 168 Å². The molecule has 0 bridgehead atoms. The van der Waals surface area contributed by atoms with E-state index in [2.05, 4.69) is 0 Å². The highest BCUT2D eigenvalue weighted by Crippen LogP contribution is 2.28. The number of morpholine rings is 1. The van der Waals surface area contributed by atoms with Crippen molar-refractivity contribution in [3.05, 3.63) is 81.9 Å². The molecule has 12 nitrogen and oxygen atoms in total. The van der Waals surface area contributed by atoms with Gasteiger partial charge in [-0.3, -0.25) is 24.6 Å². The van der Waals surface area contributed by atoms with Gasteiger partial charge < -0.3 is 19.8 Å². The third-order valence-corrected chi connectivity index (χ3v) is 5.34. The summed E-state index contributed by atoms with van der Waals surface area (Å²) in [4.78, 5) is 59.8. The molecule has 1 fully saturated rings. The van der Waals surface area contributed by atoms with Gasteiger partial charge in [-0.15, -0.1) is 0 Å². The lowest BCUT2D eigenvalue weighted by Crippen LogP contribution is -2.45. The number of non-ortho nitro benzene ring substituents is 1. The fourth-order valence-corrected chi connectivity index (χ4v) is 3.58. The molecular formula is C26H29N3O9. The van der Waals surface area contributed by atoms with Gasteiger partial charge in [0.05, 0.1) is 35.9 Å². The van der Waals surface area contributed by atoms with Crippen molar-refractivity contribution < 1.29 is 39.1 Å². The second kappa shape index (κ2) is 15.0. The quantitative estimate of drug-likeness (QED) is 0.203. The summed E-state index contributed by atoms with van der Waals surface area (Å²) in [6.07, 6.45) is 1.80. The lowest BCUT2D eigenvalue weighted by atomic mass is 10.00. The number of hydrogen-bond donors (Lipinski definition) is 2. The molecule has 0 atom stereocenters. The molecule has 0 unspecified atom stereocenters. The van der Waals surface area contributed by atoms with E-state index in [1.54, 1.807) is 35.2 Å². The van der Waals surface area contributed by atoms with Crippen molar-refractivity contribution in [2.24, 2.45) is 0 Å². The minimum atomic E-state index is -1.26. The van der Waals surface area contributed by atoms with Gasteiger partial charge in [-0.2, -0.15) is 0 Å². The first kappa shape index (κ1) is 29.8. The monoisotopic (exact) mass is 527 g/mol. The molecule has 2 aromatic carbocycles. The van der Waals surface area contributed by atoms with Crippen molar-refractivity contribution in [2.75, 3.05) is 44.3 Å². The molecule has 2 N–H and O–H groups in total. The van der Waals surface area contributed by atoms with Crippen LogP contribution in [0, 0.1) is 10.1 Å². The number of amides is 1. The van der Waals surface area contributed by atoms with Crippen LogP contribution in [-0.2, 0) is 19.1 Å². The smallest absolute Gasteiger partial charge is 0.328 e. The number of carbonyl (C=O) groups is 4. The first-order valence-electron chi connectivity index (χ1n) is 11.8. The Labute approximate surface area is 218 Å². The van der Waals surface area contributed by atoms with Crippen LogP contribution in [0.5, 0.6) is 0 Å². The van der Waals surface area contributed by atoms with E-state index in [-0.39, 0.29) is 29.5 Å². The number of carbonyl (C=O) groups excluding carboxylic acids is 2. The fraction of sp³-hybridized carbons (Fsp3) is 0.308. The zero-order chi connectivity index (χ0) is 28.1. The molecule has 1 aliphatic rings. The summed E-state index contributed by atoms with van der Waals surface area (Å²) in [5.41, 5.74) is 0.778. The van der Waals surface area contributed by atoms with Gasteiger partial charge in [-0.1, -0.05) is 37.3 Å². The van der Waals surface area contributed by atoms with Gasteiger partial charge in [0.15, 0.2) is 5.78 Å². The minimum Gasteiger partial charge on any atom is -0.478 e. The molecule has 0 aromatic heterocycles. The van der Waals surface area contributed by atoms with E-state index >= 15 is 0 Å². The maximum absolute atomic E-state index is 13.2. The fourth-order valence-electron chi connectivity index (χ4n) is 3.58. The molecule has 0 radical (unpaired) electrons. The average Bonchev–Trinajstić information content (AvgIpc) is 2.91. The molecule has 2 aromatic rings. The predicted molar refractivity (Wildman–Crippen MR) is 137 cm³/mol. The molecule has 1 saturated heterocycles. The third kappa shape index (κ3) is 9.22. The Morgan fingerprint density at radius 1 is 1.03 bits per heavy atom. The highest BCUT2D eigenvalue weighted by Gasteiger charge is 2.26. The summed E-state index contributed by atoms with van der Waals surface area (Å²) < 4.78 is 5.33. The Kier molecular flexibility index (Phi) is 11.7. The van der Waals surface area contributed by atoms with Gasteiger partial charge in [0.2, 0.25) is 5.91 Å². The van der Waals surface area contributed by atoms with Crippen LogP contribution in [0.2, 0.25) is 0 Å². The first-order chi connectivity index (χ1) is 18.1. The summed E-state index contributed by atoms with van der Waals surface area (Å²) >= 11 is 0. The van der Waals surface area contributed by atoms with Gasteiger partial charge in [0, 0.05) is 49.5 Å². The molecule has 0 spiro atoms. The van der Waals surface area contributed by atoms with Crippen LogP contribution in [0.1, 0.15) is 29.3 Å². The number of ether oxygens (including phenoxy) is 1. The van der Waals surface area contributed by atoms with Crippen LogP contribution >= 0.6 is 0 Å². The number of carboxylic acids is 2. The second-order valence-electron chi connectivity index (χ2n) is 8.10. The summed E-state index contributed by atoms with van der Waals surface area (Å²) in [7, 11) is 0. The van der Waals surface area contributed by atoms with Crippen molar-refractivity contribution in [3.8, 4) is 0 Å². The number of aliphatic carboxylic acids is 2. The van der Waals surface area contributed by atoms with Crippen LogP contribution in [0.25, 0.3) is 0 Å². The highest BCUT2D eigenvalue weighted by molar-refractivity contribution is 6.14. The number of rotatable bonds is 10. The zero-order valence-corrected chi connectivity index (χ0v) is 20.8. The molecule has 3 rings (SSSR count). The number of hydrogen-bond acceptors (Lipinski definition) is 8. The summed E-state index contributed by atoms with van der Waals surface area (Å²) in [5, 5.41) is 26.9. The Hall–Kier alpha value is -4.42. The predicted octanol–water partition coefficient (Wildman–Crippen LogP) is 2.61. The molecule has 202 valence electrons. The normalized spacial score (nSPS) is 13.3. The van der Waals surface area contributed by atoms with Crippen LogP contribution in [0.3, 0.4) is 0 Å². The Bertz CT molecular complexity index is 1160. The van der Waals surface area contributed by atoms with Gasteiger partial charge >= 0.3 is 11.9 Å². The Morgan fingerprint density at radius 3 is 2.16 bits per heavy atom. The van der Waals surface area contributed by atoms with Crippen LogP contribution in [-0.4, -0.2) is 83.1 Å². The van der Waals surface area contributed by atoms with Crippen LogP contribution in [0.4, 0.5) is 11.4 Å². The van der Waals surface area contributed by atoms with E-state index in [1.165, 1.54) is 18.2 Å². The summed E-state index contributed by atoms with van der Waals surface area (Å²) in [5.74, 6) is -3.01. The van der Waals surface area contributed by atoms with Crippen LogP contribution < -0.4 is 4.90 Å². The van der Waals surface area contributed by atoms with Gasteiger partial charge in [-0.05, 0) is 12.5 Å². The molecule has 0 aliphatic carbocycles. The molecule has 1 heterocycles. The maximum Gasteiger partial charge on any atom is 0.328 e. The molecule has 1 aliphatic heterocycles. The lowest BCUT2D eigenvalue weighted by molar-refractivity contribution is -0.384. The average molecular weight is 528 g/mol. The number of benzene rings is 2. The maximum atomic E-state index is 13.2. The number of nitro benzene ring substituents is 1. The SMILES string of the molecule is CCCN(C(=O)CN1CCOCC1)c1ccc([N+](=O)[O-])cc1C(=O)c1ccccc1.O=C(O)/C=C\C(=O)O. The minimum absolute atomic E-state index is 0.144. The van der Waals surface area contributed by atoms with Gasteiger partial charge in [0.25, 0.3) is 5.69 Å². The van der Waals surface area contributed by atoms with Crippen molar-refractivity contribution >= 4 is 35.0 Å². The van der Waals surface area contributed by atoms with Crippen molar-refractivity contribution in [1.29, 1.82) is 0 Å². The summed E-state index contributed by atoms with van der Waals surface area (Å²) in [6, 6.07) is 12.7. The van der Waals surface area contributed by atoms with Gasteiger partial charge in [-0.25, -0.2) is 9.59 Å². The standard InChI is InChI=1S/C22H25N3O5.C4H4O4/c1-2-10-24(21(26)16-23-11-13-30-14-12-23)20-9-8-18(25(28)29)15-19(20)22(27)17-6-4-3-5-7-17;5-3(6)1-2-4(7)8/h3-9,15H,2,10-14,16H2,1H3;1-2H,(H,5,6)(H,7,8)/b;2-1-. The van der Waals surface area contributed by atoms with E-state index < -0.39 is 16.9 Å². The summed E-state index contributed by atoms with van der Waals surface area (Å²) in [6.45, 7) is 5.06. The largest absolute Gasteiger partial charge is 0.478 e. The number of carboxylic acid groups (broad SMARTS) is 2. The highest BCUT2D eigenvalue weighted by atomic mass is 16.6. The van der Waals surface area contributed by atoms with Gasteiger partial charge in [0.1, 0.15) is 0 Å². The molecule has 0 saturated carbocycles. The van der Waals surface area contributed by atoms with Crippen molar-refractivity contribution in [2.45, 2.75) is 13.3 Å². The van der Waals surface area contributed by atoms with E-state index in [9.17, 15) is 29.3 Å². The Balaban J connectivity index is 0.000000550. The number of nitrogens with zero attached hydrogens (tertiary/aromatic N) is 3. The van der Waals surface area contributed by atoms with E-state index in [1.807, 2.05) is 11.8 Å². The third-order valence-electron chi connectivity index (χ3n) is 5.34. The number of ketones is 1. The second-order valence-corrected chi connectivity index (χ2v) is 8.10. The lowest BCUT2D eigenvalue weighted by Gasteiger charge is -2.30. The molecule has 1 amide bonds. The molecule has 12 heteroatoms. The van der Waals surface area contributed by atoms with E-state index in [0.717, 1.165) is 0 Å². The first-order valence-corrected chi connectivity index (χ1v) is 11.8. The zero-order valence-electron chi connectivity index (χ0n) is 20.8. The van der Waals surface area contributed by atoms with E-state index in [0.29, 0.717) is 62.7 Å². The van der Waals surface area contributed by atoms with Crippen molar-refractivity contribution in [1.82, 2.24) is 4.90 Å². The van der Waals surface area contributed by atoms with Crippen LogP contribution in [0.15, 0.2) is 60.7 Å².